The molecule has 2 N–H and O–H groups in total. The number of aliphatic carboxylic acids is 1. The van der Waals surface area contributed by atoms with E-state index in [1.54, 1.807) is 0 Å². The van der Waals surface area contributed by atoms with E-state index in [1.165, 1.54) is 0 Å². The van der Waals surface area contributed by atoms with Gasteiger partial charge in [-0.15, -0.1) is 6.58 Å². The third kappa shape index (κ3) is 4.49. The minimum absolute atomic E-state index is 0.0213. The van der Waals surface area contributed by atoms with Gasteiger partial charge in [0.25, 0.3) is 0 Å². The van der Waals surface area contributed by atoms with Crippen LogP contribution in [0.5, 0.6) is 0 Å². The van der Waals surface area contributed by atoms with Gasteiger partial charge in [-0.1, -0.05) is 18.9 Å². The second-order valence-electron chi connectivity index (χ2n) is 7.16. The van der Waals surface area contributed by atoms with Gasteiger partial charge >= 0.3 is 12.1 Å². The molecular weight excluding hydrogens is 294 g/mol. The van der Waals surface area contributed by atoms with Crippen LogP contribution in [0.2, 0.25) is 0 Å². The molecule has 0 aromatic carbocycles. The largest absolute Gasteiger partial charge is 0.480 e. The fourth-order valence-corrected chi connectivity index (χ4v) is 4.15. The van der Waals surface area contributed by atoms with E-state index in [-0.39, 0.29) is 5.92 Å². The number of nitrogens with one attached hydrogen (secondary N) is 1. The number of hydrogen-bond donors (Lipinski definition) is 2. The number of carbonyl (C=O) groups is 2. The maximum Gasteiger partial charge on any atom is 0.408 e. The topological polar surface area (TPSA) is 75.6 Å². The Hall–Kier alpha value is -1.52. The summed E-state index contributed by atoms with van der Waals surface area (Å²) >= 11 is 0. The Labute approximate surface area is 138 Å². The Bertz CT molecular complexity index is 444. The lowest BCUT2D eigenvalue weighted by Crippen LogP contribution is -2.48. The lowest BCUT2D eigenvalue weighted by atomic mass is 9.88. The quantitative estimate of drug-likeness (QED) is 0.697. The Balaban J connectivity index is 1.93. The molecule has 5 heteroatoms. The van der Waals surface area contributed by atoms with Gasteiger partial charge in [0.15, 0.2) is 0 Å². The summed E-state index contributed by atoms with van der Waals surface area (Å²) in [5.41, 5.74) is -0.494. The highest BCUT2D eigenvalue weighted by molar-refractivity contribution is 5.80. The standard InChI is InChI=1S/C18H29NO4/c1-3-4-10-14-11-7-12-18(14,2)23-17(22)19-15(16(20)21)13-8-5-6-9-13/h3,13-15H,1,4-12H2,2H3,(H,19,22)(H,20,21)/t14-,15-,18-/m0/s1. The molecule has 0 aliphatic heterocycles. The van der Waals surface area contributed by atoms with Crippen LogP contribution >= 0.6 is 0 Å². The molecule has 0 unspecified atom stereocenters. The number of carboxylic acid groups (broad SMARTS) is 1. The van der Waals surface area contributed by atoms with Gasteiger partial charge in [0.05, 0.1) is 0 Å². The van der Waals surface area contributed by atoms with Crippen molar-refractivity contribution in [1.82, 2.24) is 5.32 Å². The Kier molecular flexibility index (Phi) is 6.08. The van der Waals surface area contributed by atoms with E-state index in [2.05, 4.69) is 11.9 Å². The molecule has 2 aliphatic rings. The molecule has 130 valence electrons. The van der Waals surface area contributed by atoms with Crippen molar-refractivity contribution in [1.29, 1.82) is 0 Å². The predicted molar refractivity (Wildman–Crippen MR) is 88.2 cm³/mol. The zero-order valence-electron chi connectivity index (χ0n) is 14.1. The van der Waals surface area contributed by atoms with Gasteiger partial charge in [-0.05, 0) is 63.7 Å². The fraction of sp³-hybridized carbons (Fsp3) is 0.778. The first kappa shape index (κ1) is 17.8. The van der Waals surface area contributed by atoms with Crippen LogP contribution in [-0.4, -0.2) is 28.8 Å². The molecule has 2 rings (SSSR count). The second-order valence-corrected chi connectivity index (χ2v) is 7.16. The highest BCUT2D eigenvalue weighted by Gasteiger charge is 2.42. The summed E-state index contributed by atoms with van der Waals surface area (Å²) in [6.07, 6.45) is 9.87. The van der Waals surface area contributed by atoms with Crippen LogP contribution in [0.4, 0.5) is 4.79 Å². The summed E-state index contributed by atoms with van der Waals surface area (Å²) in [6.45, 7) is 5.72. The minimum atomic E-state index is -0.964. The van der Waals surface area contributed by atoms with Crippen LogP contribution in [0.25, 0.3) is 0 Å². The van der Waals surface area contributed by atoms with Crippen LogP contribution in [0.15, 0.2) is 12.7 Å². The van der Waals surface area contributed by atoms with Crippen LogP contribution in [0, 0.1) is 11.8 Å². The highest BCUT2D eigenvalue weighted by Crippen LogP contribution is 2.41. The molecule has 0 aromatic rings. The molecule has 0 aromatic heterocycles. The van der Waals surface area contributed by atoms with E-state index >= 15 is 0 Å². The summed E-state index contributed by atoms with van der Waals surface area (Å²) in [6, 6.07) is -0.832. The lowest BCUT2D eigenvalue weighted by Gasteiger charge is -2.32. The number of allylic oxidation sites excluding steroid dienone is 1. The van der Waals surface area contributed by atoms with Crippen molar-refractivity contribution in [3.63, 3.8) is 0 Å². The maximum atomic E-state index is 12.3. The average molecular weight is 323 g/mol. The van der Waals surface area contributed by atoms with Gasteiger partial charge in [-0.25, -0.2) is 9.59 Å². The van der Waals surface area contributed by atoms with Crippen molar-refractivity contribution in [2.45, 2.75) is 76.4 Å². The van der Waals surface area contributed by atoms with E-state index in [4.69, 9.17) is 4.74 Å². The Morgan fingerprint density at radius 3 is 2.65 bits per heavy atom. The van der Waals surface area contributed by atoms with Crippen LogP contribution in [0.1, 0.15) is 64.7 Å². The van der Waals surface area contributed by atoms with Gasteiger partial charge in [0.2, 0.25) is 0 Å². The number of hydrogen-bond acceptors (Lipinski definition) is 3. The summed E-state index contributed by atoms with van der Waals surface area (Å²) < 4.78 is 5.70. The van der Waals surface area contributed by atoms with Gasteiger partial charge in [0, 0.05) is 0 Å². The smallest absolute Gasteiger partial charge is 0.408 e. The van der Waals surface area contributed by atoms with Gasteiger partial charge < -0.3 is 15.2 Å². The van der Waals surface area contributed by atoms with E-state index in [1.807, 2.05) is 13.0 Å². The number of ether oxygens (including phenoxy) is 1. The van der Waals surface area contributed by atoms with E-state index in [0.29, 0.717) is 5.92 Å². The molecule has 0 heterocycles. The molecule has 2 fully saturated rings. The summed E-state index contributed by atoms with van der Waals surface area (Å²) in [4.78, 5) is 23.7. The molecule has 0 bridgehead atoms. The predicted octanol–water partition coefficient (Wildman–Crippen LogP) is 3.88. The van der Waals surface area contributed by atoms with Crippen molar-refractivity contribution in [3.8, 4) is 0 Å². The molecular formula is C18H29NO4. The van der Waals surface area contributed by atoms with Gasteiger partial charge in [-0.3, -0.25) is 0 Å². The van der Waals surface area contributed by atoms with Gasteiger partial charge in [-0.2, -0.15) is 0 Å². The maximum absolute atomic E-state index is 12.3. The van der Waals surface area contributed by atoms with E-state index in [9.17, 15) is 14.7 Å². The number of carbonyl (C=O) groups excluding carboxylic acids is 1. The van der Waals surface area contributed by atoms with E-state index < -0.39 is 23.7 Å². The first-order valence-electron chi connectivity index (χ1n) is 8.79. The summed E-state index contributed by atoms with van der Waals surface area (Å²) in [7, 11) is 0. The van der Waals surface area contributed by atoms with Crippen LogP contribution < -0.4 is 5.32 Å². The van der Waals surface area contributed by atoms with Crippen molar-refractivity contribution >= 4 is 12.1 Å². The van der Waals surface area contributed by atoms with Crippen molar-refractivity contribution in [3.05, 3.63) is 12.7 Å². The van der Waals surface area contributed by atoms with Gasteiger partial charge in [0.1, 0.15) is 11.6 Å². The zero-order valence-corrected chi connectivity index (χ0v) is 14.1. The molecule has 1 amide bonds. The normalized spacial score (nSPS) is 29.2. The van der Waals surface area contributed by atoms with Crippen molar-refractivity contribution in [2.75, 3.05) is 0 Å². The van der Waals surface area contributed by atoms with Crippen molar-refractivity contribution in [2.24, 2.45) is 11.8 Å². The Morgan fingerprint density at radius 1 is 1.35 bits per heavy atom. The lowest BCUT2D eigenvalue weighted by molar-refractivity contribution is -0.141. The summed E-state index contributed by atoms with van der Waals surface area (Å²) in [5.74, 6) is -0.623. The third-order valence-electron chi connectivity index (χ3n) is 5.55. The fourth-order valence-electron chi connectivity index (χ4n) is 4.15. The molecule has 0 saturated heterocycles. The number of carboxylic acids is 1. The second kappa shape index (κ2) is 7.84. The first-order chi connectivity index (χ1) is 11.0. The summed E-state index contributed by atoms with van der Waals surface area (Å²) in [5, 5.41) is 12.0. The molecule has 23 heavy (non-hydrogen) atoms. The molecule has 5 nitrogen and oxygen atoms in total. The Morgan fingerprint density at radius 2 is 2.04 bits per heavy atom. The minimum Gasteiger partial charge on any atom is -0.480 e. The number of amides is 1. The van der Waals surface area contributed by atoms with Crippen LogP contribution in [-0.2, 0) is 9.53 Å². The number of rotatable bonds is 7. The van der Waals surface area contributed by atoms with E-state index in [0.717, 1.165) is 57.8 Å². The molecule has 0 spiro atoms. The number of alkyl carbamates (subject to hydrolysis) is 1. The molecule has 2 aliphatic carbocycles. The highest BCUT2D eigenvalue weighted by atomic mass is 16.6. The molecule has 3 atom stereocenters. The molecule has 0 radical (unpaired) electrons. The van der Waals surface area contributed by atoms with Crippen molar-refractivity contribution < 1.29 is 19.4 Å². The zero-order chi connectivity index (χ0) is 16.9. The monoisotopic (exact) mass is 323 g/mol. The SMILES string of the molecule is C=CCC[C@H]1CCC[C@]1(C)OC(=O)N[C@H](C(=O)O)C1CCCC1. The average Bonchev–Trinajstić information content (AvgIpc) is 3.12. The first-order valence-corrected chi connectivity index (χ1v) is 8.79. The molecule has 2 saturated carbocycles. The third-order valence-corrected chi connectivity index (χ3v) is 5.55. The van der Waals surface area contributed by atoms with Crippen LogP contribution in [0.3, 0.4) is 0 Å².